The normalized spacial score (nSPS) is 11.2. The molecule has 140 valence electrons. The van der Waals surface area contributed by atoms with Gasteiger partial charge in [0.05, 0.1) is 6.33 Å². The highest BCUT2D eigenvalue weighted by Crippen LogP contribution is 2.19. The number of alkyl halides is 3. The number of carboxylic acid groups (broad SMARTS) is 1. The van der Waals surface area contributed by atoms with E-state index in [1.807, 2.05) is 53.4 Å². The first-order chi connectivity index (χ1) is 12.7. The number of hydrogen-bond donors (Lipinski definition) is 3. The van der Waals surface area contributed by atoms with Crippen LogP contribution in [0.1, 0.15) is 11.1 Å². The second-order valence-electron chi connectivity index (χ2n) is 5.36. The van der Waals surface area contributed by atoms with Crippen LogP contribution in [0.15, 0.2) is 55.1 Å². The first kappa shape index (κ1) is 19.7. The van der Waals surface area contributed by atoms with Crippen LogP contribution in [0.3, 0.4) is 0 Å². The van der Waals surface area contributed by atoms with Gasteiger partial charge in [-0.25, -0.2) is 9.78 Å². The molecule has 0 aliphatic heterocycles. The molecule has 0 fully saturated rings. The molecular formula is C18H15F3N4O2. The molecule has 1 heterocycles. The minimum Gasteiger partial charge on any atom is -0.475 e. The number of amidine groups is 1. The van der Waals surface area contributed by atoms with Crippen LogP contribution >= 0.6 is 0 Å². The van der Waals surface area contributed by atoms with Gasteiger partial charge < -0.3 is 15.4 Å². The SMILES string of the molecule is N=C(N)c1ccc2cc(/C=C/n3ccnc3)ccc2c1.O=C(O)C(F)(F)F. The Balaban J connectivity index is 0.000000321. The third-order valence-corrected chi connectivity index (χ3v) is 3.38. The number of nitrogen functional groups attached to an aromatic ring is 1. The van der Waals surface area contributed by atoms with Gasteiger partial charge in [-0.3, -0.25) is 5.41 Å². The van der Waals surface area contributed by atoms with Gasteiger partial charge in [-0.05, 0) is 34.5 Å². The molecule has 1 aromatic heterocycles. The molecule has 0 amide bonds. The Morgan fingerprint density at radius 1 is 1.19 bits per heavy atom. The highest BCUT2D eigenvalue weighted by molar-refractivity contribution is 5.99. The summed E-state index contributed by atoms with van der Waals surface area (Å²) in [7, 11) is 0. The zero-order valence-corrected chi connectivity index (χ0v) is 13.8. The highest BCUT2D eigenvalue weighted by Gasteiger charge is 2.38. The maximum absolute atomic E-state index is 10.6. The van der Waals surface area contributed by atoms with Crippen molar-refractivity contribution in [3.8, 4) is 0 Å². The number of imidazole rings is 1. The summed E-state index contributed by atoms with van der Waals surface area (Å²) in [5.74, 6) is -2.66. The van der Waals surface area contributed by atoms with Crippen LogP contribution in [0.5, 0.6) is 0 Å². The lowest BCUT2D eigenvalue weighted by molar-refractivity contribution is -0.192. The molecule has 0 spiro atoms. The molecule has 0 aliphatic rings. The van der Waals surface area contributed by atoms with E-state index in [1.54, 1.807) is 12.5 Å². The van der Waals surface area contributed by atoms with Crippen LogP contribution in [-0.2, 0) is 4.79 Å². The van der Waals surface area contributed by atoms with E-state index in [0.717, 1.165) is 21.9 Å². The van der Waals surface area contributed by atoms with Crippen molar-refractivity contribution in [3.05, 3.63) is 66.2 Å². The second-order valence-corrected chi connectivity index (χ2v) is 5.36. The number of aliphatic carboxylic acids is 1. The average molecular weight is 376 g/mol. The number of carboxylic acids is 1. The van der Waals surface area contributed by atoms with Gasteiger partial charge in [0.2, 0.25) is 0 Å². The van der Waals surface area contributed by atoms with Crippen molar-refractivity contribution >= 4 is 34.9 Å². The molecular weight excluding hydrogens is 361 g/mol. The van der Waals surface area contributed by atoms with E-state index in [4.69, 9.17) is 21.0 Å². The molecule has 3 aromatic rings. The van der Waals surface area contributed by atoms with Crippen molar-refractivity contribution in [2.75, 3.05) is 0 Å². The summed E-state index contributed by atoms with van der Waals surface area (Å²) in [5, 5.41) is 16.8. The van der Waals surface area contributed by atoms with Crippen LogP contribution in [0, 0.1) is 5.41 Å². The lowest BCUT2D eigenvalue weighted by Crippen LogP contribution is -2.21. The van der Waals surface area contributed by atoms with Gasteiger partial charge >= 0.3 is 12.1 Å². The molecule has 27 heavy (non-hydrogen) atoms. The molecule has 2 aromatic carbocycles. The Kier molecular flexibility index (Phi) is 5.96. The number of carbonyl (C=O) groups is 1. The van der Waals surface area contributed by atoms with Crippen LogP contribution in [0.2, 0.25) is 0 Å². The topological polar surface area (TPSA) is 105 Å². The van der Waals surface area contributed by atoms with Gasteiger partial charge in [0.1, 0.15) is 5.84 Å². The van der Waals surface area contributed by atoms with Gasteiger partial charge in [-0.2, -0.15) is 13.2 Å². The van der Waals surface area contributed by atoms with Crippen LogP contribution < -0.4 is 5.73 Å². The summed E-state index contributed by atoms with van der Waals surface area (Å²) in [4.78, 5) is 12.9. The summed E-state index contributed by atoms with van der Waals surface area (Å²) in [6.07, 6.45) is 4.28. The number of aromatic nitrogens is 2. The van der Waals surface area contributed by atoms with E-state index in [-0.39, 0.29) is 5.84 Å². The number of nitrogens with two attached hydrogens (primary N) is 1. The lowest BCUT2D eigenvalue weighted by Gasteiger charge is -2.03. The first-order valence-electron chi connectivity index (χ1n) is 7.51. The third-order valence-electron chi connectivity index (χ3n) is 3.38. The smallest absolute Gasteiger partial charge is 0.475 e. The zero-order chi connectivity index (χ0) is 20.0. The van der Waals surface area contributed by atoms with Gasteiger partial charge in [0, 0.05) is 24.2 Å². The van der Waals surface area contributed by atoms with Crippen molar-refractivity contribution in [2.24, 2.45) is 5.73 Å². The molecule has 9 heteroatoms. The Labute approximate surface area is 151 Å². The monoisotopic (exact) mass is 376 g/mol. The highest BCUT2D eigenvalue weighted by atomic mass is 19.4. The second kappa shape index (κ2) is 8.17. The molecule has 0 bridgehead atoms. The van der Waals surface area contributed by atoms with Crippen LogP contribution in [0.4, 0.5) is 13.2 Å². The number of nitrogens with one attached hydrogen (secondary N) is 1. The maximum Gasteiger partial charge on any atom is 0.490 e. The van der Waals surface area contributed by atoms with E-state index >= 15 is 0 Å². The molecule has 0 saturated heterocycles. The summed E-state index contributed by atoms with van der Waals surface area (Å²) < 4.78 is 33.6. The molecule has 0 unspecified atom stereocenters. The van der Waals surface area contributed by atoms with Gasteiger partial charge in [0.25, 0.3) is 0 Å². The van der Waals surface area contributed by atoms with Crippen LogP contribution in [-0.4, -0.2) is 32.6 Å². The molecule has 0 radical (unpaired) electrons. The van der Waals surface area contributed by atoms with Gasteiger partial charge in [-0.15, -0.1) is 0 Å². The Morgan fingerprint density at radius 3 is 2.37 bits per heavy atom. The average Bonchev–Trinajstić information content (AvgIpc) is 3.12. The predicted molar refractivity (Wildman–Crippen MR) is 96.1 cm³/mol. The van der Waals surface area contributed by atoms with Crippen molar-refractivity contribution in [3.63, 3.8) is 0 Å². The van der Waals surface area contributed by atoms with Crippen molar-refractivity contribution < 1.29 is 23.1 Å². The molecule has 3 rings (SSSR count). The van der Waals surface area contributed by atoms with E-state index in [9.17, 15) is 13.2 Å². The third kappa shape index (κ3) is 5.70. The number of halogens is 3. The zero-order valence-electron chi connectivity index (χ0n) is 13.8. The number of fused-ring (bicyclic) bond motifs is 1. The van der Waals surface area contributed by atoms with Gasteiger partial charge in [-0.1, -0.05) is 24.3 Å². The van der Waals surface area contributed by atoms with Crippen molar-refractivity contribution in [2.45, 2.75) is 6.18 Å². The fraction of sp³-hybridized carbons (Fsp3) is 0.0556. The summed E-state index contributed by atoms with van der Waals surface area (Å²) in [6.45, 7) is 0. The Bertz CT molecular complexity index is 980. The summed E-state index contributed by atoms with van der Waals surface area (Å²) in [5.41, 5.74) is 7.36. The summed E-state index contributed by atoms with van der Waals surface area (Å²) >= 11 is 0. The van der Waals surface area contributed by atoms with E-state index in [2.05, 4.69) is 11.1 Å². The van der Waals surface area contributed by atoms with E-state index < -0.39 is 12.1 Å². The fourth-order valence-electron chi connectivity index (χ4n) is 2.07. The fourth-order valence-corrected chi connectivity index (χ4v) is 2.07. The number of hydrogen-bond acceptors (Lipinski definition) is 3. The quantitative estimate of drug-likeness (QED) is 0.480. The first-order valence-corrected chi connectivity index (χ1v) is 7.51. The molecule has 6 nitrogen and oxygen atoms in total. The molecule has 0 atom stereocenters. The lowest BCUT2D eigenvalue weighted by atomic mass is 10.0. The predicted octanol–water partition coefficient (Wildman–Crippen LogP) is 3.58. The van der Waals surface area contributed by atoms with Crippen LogP contribution in [0.25, 0.3) is 23.0 Å². The maximum atomic E-state index is 10.6. The Morgan fingerprint density at radius 2 is 1.81 bits per heavy atom. The number of benzene rings is 2. The standard InChI is InChI=1S/C16H14N4.C2HF3O2/c17-16(18)15-4-3-13-9-12(1-2-14(13)10-15)5-7-20-8-6-19-11-20;3-2(4,5)1(6)7/h1-11H,(H3,17,18);(H,6,7)/b7-5+;. The van der Waals surface area contributed by atoms with Crippen molar-refractivity contribution in [1.82, 2.24) is 9.55 Å². The van der Waals surface area contributed by atoms with E-state index in [1.165, 1.54) is 0 Å². The number of nitrogens with zero attached hydrogens (tertiary/aromatic N) is 2. The minimum absolute atomic E-state index is 0.0935. The van der Waals surface area contributed by atoms with E-state index in [0.29, 0.717) is 0 Å². The molecule has 4 N–H and O–H groups in total. The molecule has 0 saturated carbocycles. The van der Waals surface area contributed by atoms with Crippen molar-refractivity contribution in [1.29, 1.82) is 5.41 Å². The Hall–Kier alpha value is -3.62. The number of rotatable bonds is 3. The van der Waals surface area contributed by atoms with Gasteiger partial charge in [0.15, 0.2) is 0 Å². The summed E-state index contributed by atoms with van der Waals surface area (Å²) in [6, 6.07) is 12.0. The minimum atomic E-state index is -5.08. The largest absolute Gasteiger partial charge is 0.490 e. The molecule has 0 aliphatic carbocycles.